The van der Waals surface area contributed by atoms with Crippen LogP contribution in [-0.2, 0) is 13.0 Å². The van der Waals surface area contributed by atoms with Gasteiger partial charge in [-0.15, -0.1) is 0 Å². The van der Waals surface area contributed by atoms with E-state index in [1.54, 1.807) is 25.4 Å². The van der Waals surface area contributed by atoms with Gasteiger partial charge in [-0.1, -0.05) is 51.1 Å². The van der Waals surface area contributed by atoms with Gasteiger partial charge < -0.3 is 9.47 Å². The maximum atomic E-state index is 14.5. The topological polar surface area (TPSA) is 31.4 Å². The van der Waals surface area contributed by atoms with Crippen molar-refractivity contribution in [2.45, 2.75) is 33.8 Å². The third kappa shape index (κ3) is 5.10. The first kappa shape index (κ1) is 19.9. The molecule has 0 fully saturated rings. The minimum Gasteiger partial charge on any atom is -0.497 e. The second kappa shape index (κ2) is 8.42. The maximum absolute atomic E-state index is 14.5. The van der Waals surface area contributed by atoms with Crippen LogP contribution in [0.25, 0.3) is 11.3 Å². The number of hydrogen-bond acceptors (Lipinski definition) is 3. The molecule has 0 spiro atoms. The summed E-state index contributed by atoms with van der Waals surface area (Å²) in [5, 5.41) is 0. The van der Waals surface area contributed by atoms with Crippen molar-refractivity contribution in [3.05, 3.63) is 77.7 Å². The molecule has 2 aromatic carbocycles. The SMILES string of the molecule is COc1ccc(F)c(-c2ncc(OCc3ccccc3)cc2CC(C)(C)C)c1. The van der Waals surface area contributed by atoms with E-state index in [0.717, 1.165) is 17.5 Å². The first-order chi connectivity index (χ1) is 13.4. The molecule has 0 saturated carbocycles. The van der Waals surface area contributed by atoms with Crippen molar-refractivity contribution in [2.75, 3.05) is 7.11 Å². The van der Waals surface area contributed by atoms with Gasteiger partial charge in [-0.05, 0) is 47.2 Å². The number of halogens is 1. The molecule has 0 N–H and O–H groups in total. The zero-order valence-corrected chi connectivity index (χ0v) is 16.8. The number of methoxy groups -OCH3 is 1. The van der Waals surface area contributed by atoms with Crippen LogP contribution in [0.1, 0.15) is 31.9 Å². The molecule has 4 heteroatoms. The molecule has 28 heavy (non-hydrogen) atoms. The quantitative estimate of drug-likeness (QED) is 0.521. The molecule has 146 valence electrons. The number of benzene rings is 2. The molecule has 0 aliphatic heterocycles. The molecule has 1 aromatic heterocycles. The van der Waals surface area contributed by atoms with Crippen LogP contribution in [0.15, 0.2) is 60.8 Å². The van der Waals surface area contributed by atoms with E-state index in [4.69, 9.17) is 9.47 Å². The Kier molecular flexibility index (Phi) is 5.98. The van der Waals surface area contributed by atoms with Gasteiger partial charge >= 0.3 is 0 Å². The molecule has 0 amide bonds. The fraction of sp³-hybridized carbons (Fsp3) is 0.292. The molecular weight excluding hydrogens is 353 g/mol. The van der Waals surface area contributed by atoms with E-state index in [9.17, 15) is 4.39 Å². The second-order valence-electron chi connectivity index (χ2n) is 8.04. The Bertz CT molecular complexity index is 933. The average molecular weight is 379 g/mol. The smallest absolute Gasteiger partial charge is 0.138 e. The molecule has 0 aliphatic rings. The summed E-state index contributed by atoms with van der Waals surface area (Å²) >= 11 is 0. The van der Waals surface area contributed by atoms with Crippen LogP contribution in [0, 0.1) is 11.2 Å². The van der Waals surface area contributed by atoms with Crippen LogP contribution < -0.4 is 9.47 Å². The number of ether oxygens (including phenoxy) is 2. The largest absolute Gasteiger partial charge is 0.497 e. The van der Waals surface area contributed by atoms with Crippen LogP contribution in [0.4, 0.5) is 4.39 Å². The van der Waals surface area contributed by atoms with E-state index in [1.807, 2.05) is 36.4 Å². The maximum Gasteiger partial charge on any atom is 0.138 e. The third-order valence-corrected chi connectivity index (χ3v) is 4.34. The highest BCUT2D eigenvalue weighted by Crippen LogP contribution is 2.33. The Labute approximate surface area is 166 Å². The van der Waals surface area contributed by atoms with E-state index < -0.39 is 0 Å². The number of aromatic nitrogens is 1. The Morgan fingerprint density at radius 2 is 1.71 bits per heavy atom. The Balaban J connectivity index is 1.96. The van der Waals surface area contributed by atoms with Gasteiger partial charge in [0.1, 0.15) is 23.9 Å². The standard InChI is InChI=1S/C24H26FNO2/c1-24(2,3)14-18-12-20(28-16-17-8-6-5-7-9-17)15-26-23(18)21-13-19(27-4)10-11-22(21)25/h5-13,15H,14,16H2,1-4H3. The normalized spacial score (nSPS) is 11.3. The predicted octanol–water partition coefficient (Wildman–Crippen LogP) is 6.06. The second-order valence-corrected chi connectivity index (χ2v) is 8.04. The summed E-state index contributed by atoms with van der Waals surface area (Å²) < 4.78 is 25.7. The molecule has 1 heterocycles. The number of nitrogens with zero attached hydrogens (tertiary/aromatic N) is 1. The van der Waals surface area contributed by atoms with Gasteiger partial charge in [-0.3, -0.25) is 4.98 Å². The van der Waals surface area contributed by atoms with Crippen molar-refractivity contribution in [1.82, 2.24) is 4.98 Å². The lowest BCUT2D eigenvalue weighted by Crippen LogP contribution is -2.11. The Morgan fingerprint density at radius 1 is 0.964 bits per heavy atom. The highest BCUT2D eigenvalue weighted by molar-refractivity contribution is 5.66. The number of hydrogen-bond donors (Lipinski definition) is 0. The van der Waals surface area contributed by atoms with E-state index >= 15 is 0 Å². The van der Waals surface area contributed by atoms with Crippen molar-refractivity contribution in [1.29, 1.82) is 0 Å². The van der Waals surface area contributed by atoms with Crippen LogP contribution in [-0.4, -0.2) is 12.1 Å². The fourth-order valence-corrected chi connectivity index (χ4v) is 3.07. The zero-order chi connectivity index (χ0) is 20.1. The minimum absolute atomic E-state index is 0.0177. The summed E-state index contributed by atoms with van der Waals surface area (Å²) in [7, 11) is 1.57. The monoisotopic (exact) mass is 379 g/mol. The van der Waals surface area contributed by atoms with Crippen LogP contribution in [0.5, 0.6) is 11.5 Å². The van der Waals surface area contributed by atoms with Gasteiger partial charge in [0, 0.05) is 5.56 Å². The van der Waals surface area contributed by atoms with Gasteiger partial charge in [0.05, 0.1) is 19.0 Å². The summed E-state index contributed by atoms with van der Waals surface area (Å²) in [5.74, 6) is 0.959. The summed E-state index contributed by atoms with van der Waals surface area (Å²) in [5.41, 5.74) is 3.11. The van der Waals surface area contributed by atoms with Crippen LogP contribution in [0.2, 0.25) is 0 Å². The molecule has 3 rings (SSSR count). The first-order valence-electron chi connectivity index (χ1n) is 9.35. The highest BCUT2D eigenvalue weighted by atomic mass is 19.1. The fourth-order valence-electron chi connectivity index (χ4n) is 3.07. The molecule has 3 nitrogen and oxygen atoms in total. The molecule has 3 aromatic rings. The lowest BCUT2D eigenvalue weighted by atomic mass is 9.86. The van der Waals surface area contributed by atoms with Gasteiger partial charge in [-0.2, -0.15) is 0 Å². The van der Waals surface area contributed by atoms with Gasteiger partial charge in [0.2, 0.25) is 0 Å². The highest BCUT2D eigenvalue weighted by Gasteiger charge is 2.19. The molecule has 0 saturated heterocycles. The van der Waals surface area contributed by atoms with E-state index in [2.05, 4.69) is 25.8 Å². The van der Waals surface area contributed by atoms with E-state index in [-0.39, 0.29) is 11.2 Å². The molecule has 0 bridgehead atoms. The van der Waals surface area contributed by atoms with Crippen molar-refractivity contribution in [3.8, 4) is 22.8 Å². The van der Waals surface area contributed by atoms with Crippen LogP contribution in [0.3, 0.4) is 0 Å². The van der Waals surface area contributed by atoms with Crippen molar-refractivity contribution in [2.24, 2.45) is 5.41 Å². The summed E-state index contributed by atoms with van der Waals surface area (Å²) in [6.45, 7) is 6.91. The zero-order valence-electron chi connectivity index (χ0n) is 16.8. The summed E-state index contributed by atoms with van der Waals surface area (Å²) in [4.78, 5) is 4.56. The third-order valence-electron chi connectivity index (χ3n) is 4.34. The van der Waals surface area contributed by atoms with Crippen molar-refractivity contribution >= 4 is 0 Å². The minimum atomic E-state index is -0.318. The van der Waals surface area contributed by atoms with Crippen molar-refractivity contribution < 1.29 is 13.9 Å². The Hall–Kier alpha value is -2.88. The van der Waals surface area contributed by atoms with Gasteiger partial charge in [0.25, 0.3) is 0 Å². The van der Waals surface area contributed by atoms with Gasteiger partial charge in [-0.25, -0.2) is 4.39 Å². The number of pyridine rings is 1. The Morgan fingerprint density at radius 3 is 2.39 bits per heavy atom. The first-order valence-corrected chi connectivity index (χ1v) is 9.35. The van der Waals surface area contributed by atoms with Gasteiger partial charge in [0.15, 0.2) is 0 Å². The lowest BCUT2D eigenvalue weighted by Gasteiger charge is -2.21. The van der Waals surface area contributed by atoms with E-state index in [0.29, 0.717) is 29.4 Å². The molecule has 0 radical (unpaired) electrons. The molecular formula is C24H26FNO2. The van der Waals surface area contributed by atoms with E-state index in [1.165, 1.54) is 6.07 Å². The van der Waals surface area contributed by atoms with Crippen LogP contribution >= 0.6 is 0 Å². The lowest BCUT2D eigenvalue weighted by molar-refractivity contribution is 0.304. The van der Waals surface area contributed by atoms with Crippen molar-refractivity contribution in [3.63, 3.8) is 0 Å². The number of rotatable bonds is 6. The molecule has 0 aliphatic carbocycles. The summed E-state index contributed by atoms with van der Waals surface area (Å²) in [6, 6.07) is 16.7. The molecule has 0 atom stereocenters. The molecule has 0 unspecified atom stereocenters. The predicted molar refractivity (Wildman–Crippen MR) is 110 cm³/mol. The average Bonchev–Trinajstić information content (AvgIpc) is 2.67. The summed E-state index contributed by atoms with van der Waals surface area (Å²) in [6.07, 6.45) is 2.40.